The van der Waals surface area contributed by atoms with Gasteiger partial charge in [-0.15, -0.1) is 11.3 Å². The molecule has 0 atom stereocenters. The highest BCUT2D eigenvalue weighted by Crippen LogP contribution is 2.32. The minimum Gasteiger partial charge on any atom is -0.490 e. The van der Waals surface area contributed by atoms with Crippen LogP contribution in [0.1, 0.15) is 10.6 Å². The van der Waals surface area contributed by atoms with E-state index in [4.69, 9.17) is 4.74 Å². The fourth-order valence-corrected chi connectivity index (χ4v) is 2.37. The highest BCUT2D eigenvalue weighted by atomic mass is 32.1. The number of aryl methyl sites for hydroxylation is 1. The molecule has 0 radical (unpaired) electrons. The van der Waals surface area contributed by atoms with Crippen LogP contribution in [0.3, 0.4) is 0 Å². The number of ether oxygens (including phenoxy) is 1. The molecule has 20 heavy (non-hydrogen) atoms. The number of anilines is 1. The summed E-state index contributed by atoms with van der Waals surface area (Å²) in [5, 5.41) is 13.7. The monoisotopic (exact) mass is 297 g/mol. The third kappa shape index (κ3) is 2.85. The average molecular weight is 297 g/mol. The number of benzene rings is 1. The topological polar surface area (TPSA) is 77.3 Å². The van der Waals surface area contributed by atoms with Gasteiger partial charge in [-0.1, -0.05) is 0 Å². The van der Waals surface area contributed by atoms with Crippen LogP contribution in [0.15, 0.2) is 17.6 Å². The summed E-state index contributed by atoms with van der Waals surface area (Å²) in [7, 11) is 1.30. The average Bonchev–Trinajstić information content (AvgIpc) is 2.82. The normalized spacial score (nSPS) is 10.3. The summed E-state index contributed by atoms with van der Waals surface area (Å²) < 4.78 is 18.7. The molecule has 2 aromatic rings. The molecule has 0 spiro atoms. The lowest BCUT2D eigenvalue weighted by Crippen LogP contribution is -2.03. The van der Waals surface area contributed by atoms with Gasteiger partial charge < -0.3 is 10.1 Å². The first-order valence-corrected chi connectivity index (χ1v) is 6.55. The molecule has 0 saturated carbocycles. The first-order chi connectivity index (χ1) is 9.52. The van der Waals surface area contributed by atoms with E-state index in [0.717, 1.165) is 16.6 Å². The number of hydrogen-bond acceptors (Lipinski definition) is 6. The standard InChI is InChI=1S/C12H12FN3O3S/c1-7-12(20-6-15-7)5-14-9-4-11(19-2)10(16(17)18)3-8(9)13/h3-4,6,14H,5H2,1-2H3. The summed E-state index contributed by atoms with van der Waals surface area (Å²) in [4.78, 5) is 15.2. The van der Waals surface area contributed by atoms with Crippen molar-refractivity contribution >= 4 is 22.7 Å². The van der Waals surface area contributed by atoms with Crippen molar-refractivity contribution in [2.24, 2.45) is 0 Å². The first kappa shape index (κ1) is 14.2. The van der Waals surface area contributed by atoms with Crippen LogP contribution in [-0.2, 0) is 6.54 Å². The van der Waals surface area contributed by atoms with Gasteiger partial charge in [0.05, 0.1) is 41.5 Å². The number of rotatable bonds is 5. The fraction of sp³-hybridized carbons (Fsp3) is 0.250. The van der Waals surface area contributed by atoms with Crippen molar-refractivity contribution in [2.45, 2.75) is 13.5 Å². The van der Waals surface area contributed by atoms with E-state index in [1.807, 2.05) is 6.92 Å². The molecule has 106 valence electrons. The van der Waals surface area contributed by atoms with Crippen molar-refractivity contribution in [1.29, 1.82) is 0 Å². The first-order valence-electron chi connectivity index (χ1n) is 5.67. The predicted octanol–water partition coefficient (Wildman–Crippen LogP) is 3.12. The maximum atomic E-state index is 13.8. The van der Waals surface area contributed by atoms with Gasteiger partial charge in [0, 0.05) is 10.9 Å². The van der Waals surface area contributed by atoms with Crippen molar-refractivity contribution < 1.29 is 14.1 Å². The van der Waals surface area contributed by atoms with Gasteiger partial charge in [-0.3, -0.25) is 10.1 Å². The van der Waals surface area contributed by atoms with Crippen LogP contribution in [0, 0.1) is 22.9 Å². The Bertz CT molecular complexity index is 645. The molecule has 0 bridgehead atoms. The van der Waals surface area contributed by atoms with Gasteiger partial charge in [0.25, 0.3) is 0 Å². The quantitative estimate of drug-likeness (QED) is 0.677. The summed E-state index contributed by atoms with van der Waals surface area (Å²) in [6, 6.07) is 2.13. The van der Waals surface area contributed by atoms with E-state index in [2.05, 4.69) is 10.3 Å². The molecule has 1 aromatic heterocycles. The van der Waals surface area contributed by atoms with Crippen molar-refractivity contribution in [3.63, 3.8) is 0 Å². The maximum Gasteiger partial charge on any atom is 0.313 e. The van der Waals surface area contributed by atoms with E-state index in [-0.39, 0.29) is 11.4 Å². The fourth-order valence-electron chi connectivity index (χ4n) is 1.66. The zero-order valence-electron chi connectivity index (χ0n) is 10.8. The lowest BCUT2D eigenvalue weighted by atomic mass is 10.2. The second-order valence-corrected chi connectivity index (χ2v) is 4.91. The number of hydrogen-bond donors (Lipinski definition) is 1. The Balaban J connectivity index is 2.24. The van der Waals surface area contributed by atoms with Gasteiger partial charge in [0.1, 0.15) is 0 Å². The van der Waals surface area contributed by atoms with Crippen LogP contribution in [0.2, 0.25) is 0 Å². The minimum absolute atomic E-state index is 0.0138. The number of aromatic nitrogens is 1. The molecular formula is C12H12FN3O3S. The predicted molar refractivity (Wildman–Crippen MR) is 73.8 cm³/mol. The lowest BCUT2D eigenvalue weighted by molar-refractivity contribution is -0.385. The van der Waals surface area contributed by atoms with Gasteiger partial charge in [-0.2, -0.15) is 0 Å². The molecule has 6 nitrogen and oxygen atoms in total. The number of thiazole rings is 1. The summed E-state index contributed by atoms with van der Waals surface area (Å²) >= 11 is 1.46. The molecule has 0 saturated heterocycles. The van der Waals surface area contributed by atoms with Crippen LogP contribution < -0.4 is 10.1 Å². The zero-order chi connectivity index (χ0) is 14.7. The number of methoxy groups -OCH3 is 1. The Kier molecular flexibility index (Phi) is 4.14. The van der Waals surface area contributed by atoms with E-state index in [0.29, 0.717) is 6.54 Å². The number of halogens is 1. The molecule has 1 heterocycles. The lowest BCUT2D eigenvalue weighted by Gasteiger charge is -2.09. The Morgan fingerprint density at radius 1 is 1.55 bits per heavy atom. The smallest absolute Gasteiger partial charge is 0.313 e. The summed E-state index contributed by atoms with van der Waals surface area (Å²) in [6.07, 6.45) is 0. The van der Waals surface area contributed by atoms with Crippen LogP contribution in [0.5, 0.6) is 5.75 Å². The van der Waals surface area contributed by atoms with E-state index in [9.17, 15) is 14.5 Å². The number of nitrogens with one attached hydrogen (secondary N) is 1. The maximum absolute atomic E-state index is 13.8. The molecule has 0 fully saturated rings. The van der Waals surface area contributed by atoms with E-state index >= 15 is 0 Å². The van der Waals surface area contributed by atoms with Gasteiger partial charge in [0.2, 0.25) is 0 Å². The van der Waals surface area contributed by atoms with Gasteiger partial charge in [0.15, 0.2) is 11.6 Å². The third-order valence-electron chi connectivity index (χ3n) is 2.75. The van der Waals surface area contributed by atoms with E-state index in [1.54, 1.807) is 5.51 Å². The summed E-state index contributed by atoms with van der Waals surface area (Å²) in [6.45, 7) is 2.26. The Morgan fingerprint density at radius 2 is 2.30 bits per heavy atom. The van der Waals surface area contributed by atoms with Crippen molar-refractivity contribution in [2.75, 3.05) is 12.4 Å². The number of nitro groups is 1. The molecule has 1 N–H and O–H groups in total. The SMILES string of the molecule is COc1cc(NCc2scnc2C)c(F)cc1[N+](=O)[O-]. The van der Waals surface area contributed by atoms with E-state index < -0.39 is 16.4 Å². The van der Waals surface area contributed by atoms with E-state index in [1.165, 1.54) is 24.5 Å². The number of nitro benzene ring substituents is 1. The highest BCUT2D eigenvalue weighted by molar-refractivity contribution is 7.09. The summed E-state index contributed by atoms with van der Waals surface area (Å²) in [5.41, 5.74) is 2.33. The zero-order valence-corrected chi connectivity index (χ0v) is 11.7. The van der Waals surface area contributed by atoms with Crippen LogP contribution in [0.4, 0.5) is 15.8 Å². The number of nitrogens with zero attached hydrogens (tertiary/aromatic N) is 2. The Hall–Kier alpha value is -2.22. The third-order valence-corrected chi connectivity index (χ3v) is 3.68. The second kappa shape index (κ2) is 5.83. The molecule has 0 aliphatic rings. The van der Waals surface area contributed by atoms with Crippen LogP contribution >= 0.6 is 11.3 Å². The minimum atomic E-state index is -0.695. The molecule has 8 heteroatoms. The molecule has 0 aliphatic heterocycles. The highest BCUT2D eigenvalue weighted by Gasteiger charge is 2.19. The van der Waals surface area contributed by atoms with Crippen molar-refractivity contribution in [3.05, 3.63) is 44.1 Å². The molecule has 1 aromatic carbocycles. The van der Waals surface area contributed by atoms with Crippen LogP contribution in [0.25, 0.3) is 0 Å². The van der Waals surface area contributed by atoms with Gasteiger partial charge in [-0.25, -0.2) is 9.37 Å². The largest absolute Gasteiger partial charge is 0.490 e. The molecule has 0 aliphatic carbocycles. The van der Waals surface area contributed by atoms with Crippen molar-refractivity contribution in [1.82, 2.24) is 4.98 Å². The summed E-state index contributed by atoms with van der Waals surface area (Å²) in [5.74, 6) is -0.681. The van der Waals surface area contributed by atoms with Crippen molar-refractivity contribution in [3.8, 4) is 5.75 Å². The Labute approximate surface area is 118 Å². The van der Waals surface area contributed by atoms with Gasteiger partial charge in [-0.05, 0) is 6.92 Å². The van der Waals surface area contributed by atoms with Gasteiger partial charge >= 0.3 is 5.69 Å². The second-order valence-electron chi connectivity index (χ2n) is 3.98. The molecule has 0 unspecified atom stereocenters. The molecule has 0 amide bonds. The molecule has 2 rings (SSSR count). The van der Waals surface area contributed by atoms with Crippen LogP contribution in [-0.4, -0.2) is 17.0 Å². The Morgan fingerprint density at radius 3 is 2.85 bits per heavy atom. The molecular weight excluding hydrogens is 285 g/mol.